The molecule has 0 aliphatic carbocycles. The Morgan fingerprint density at radius 1 is 1.39 bits per heavy atom. The summed E-state index contributed by atoms with van der Waals surface area (Å²) in [6, 6.07) is -1.81. The van der Waals surface area contributed by atoms with E-state index in [9.17, 15) is 9.59 Å². The van der Waals surface area contributed by atoms with Gasteiger partial charge in [0, 0.05) is 0 Å². The third-order valence-corrected chi connectivity index (χ3v) is 3.18. The van der Waals surface area contributed by atoms with Crippen LogP contribution in [-0.4, -0.2) is 60.1 Å². The van der Waals surface area contributed by atoms with Crippen LogP contribution in [-0.2, 0) is 4.79 Å². The highest BCUT2D eigenvalue weighted by atomic mass is 32.2. The molecule has 0 aliphatic rings. The van der Waals surface area contributed by atoms with E-state index in [1.165, 1.54) is 25.0 Å². The van der Waals surface area contributed by atoms with Crippen molar-refractivity contribution in [2.24, 2.45) is 11.5 Å². The van der Waals surface area contributed by atoms with Gasteiger partial charge in [-0.25, -0.2) is 24.3 Å². The molecule has 2 aromatic heterocycles. The minimum atomic E-state index is -1.18. The number of aliphatic hydroxyl groups excluding tert-OH is 1. The van der Waals surface area contributed by atoms with Crippen molar-refractivity contribution in [1.29, 1.82) is 0 Å². The van der Waals surface area contributed by atoms with Crippen LogP contribution < -0.4 is 17.2 Å². The zero-order valence-electron chi connectivity index (χ0n) is 12.4. The zero-order chi connectivity index (χ0) is 17.7. The Bertz CT molecular complexity index is 718. The second-order valence-corrected chi connectivity index (χ2v) is 5.10. The van der Waals surface area contributed by atoms with Crippen molar-refractivity contribution in [2.75, 3.05) is 12.0 Å². The van der Waals surface area contributed by atoms with Crippen LogP contribution in [0, 0.1) is 0 Å². The van der Waals surface area contributed by atoms with Crippen LogP contribution in [0.2, 0.25) is 0 Å². The molecular weight excluding hydrogens is 326 g/mol. The molecule has 8 N–H and O–H groups in total. The van der Waals surface area contributed by atoms with Gasteiger partial charge in [0.25, 0.3) is 0 Å². The lowest BCUT2D eigenvalue weighted by Gasteiger charge is -2.06. The Balaban J connectivity index is 0.000000284. The summed E-state index contributed by atoms with van der Waals surface area (Å²) in [6.07, 6.45) is 2.11. The molecule has 0 aromatic carbocycles. The molecule has 0 bridgehead atoms. The third-order valence-electron chi connectivity index (χ3n) is 2.63. The maximum atomic E-state index is 11.0. The fourth-order valence-electron chi connectivity index (χ4n) is 1.36. The number of thioether (sulfide) groups is 1. The lowest BCUT2D eigenvalue weighted by molar-refractivity contribution is -0.140. The molecule has 2 rings (SSSR count). The van der Waals surface area contributed by atoms with E-state index in [-0.39, 0.29) is 5.82 Å². The summed E-state index contributed by atoms with van der Waals surface area (Å²) in [7, 11) is 0. The average molecular weight is 343 g/mol. The fraction of sp³-hybridized carbons (Fsp3) is 0.364. The van der Waals surface area contributed by atoms with Crippen LogP contribution in [0.25, 0.3) is 11.2 Å². The molecule has 11 nitrogen and oxygen atoms in total. The number of carboxylic acids is 1. The summed E-state index contributed by atoms with van der Waals surface area (Å²) in [6.45, 7) is 1.33. The Labute approximate surface area is 134 Å². The third kappa shape index (κ3) is 4.51. The number of rotatable bonds is 3. The van der Waals surface area contributed by atoms with Crippen LogP contribution in [0.4, 0.5) is 10.6 Å². The number of carboxylic acid groups (broad SMARTS) is 1. The minimum absolute atomic E-state index is 0.240. The summed E-state index contributed by atoms with van der Waals surface area (Å²) in [5.74, 6) is -0.940. The normalized spacial score (nSPS) is 13.0. The minimum Gasteiger partial charge on any atom is -0.480 e. The van der Waals surface area contributed by atoms with Gasteiger partial charge in [-0.2, -0.15) is 0 Å². The highest BCUT2D eigenvalue weighted by molar-refractivity contribution is 7.98. The number of fused-ring (bicyclic) bond motifs is 1. The number of aliphatic carboxylic acids is 1. The summed E-state index contributed by atoms with van der Waals surface area (Å²) in [5, 5.41) is 17.0. The van der Waals surface area contributed by atoms with Gasteiger partial charge >= 0.3 is 12.0 Å². The molecule has 23 heavy (non-hydrogen) atoms. The number of hydrogen-bond acceptors (Lipinski definition) is 9. The monoisotopic (exact) mass is 343 g/mol. The van der Waals surface area contributed by atoms with E-state index in [4.69, 9.17) is 27.4 Å². The molecule has 0 fully saturated rings. The number of amides is 1. The predicted octanol–water partition coefficient (Wildman–Crippen LogP) is -1.16. The molecule has 126 valence electrons. The summed E-state index contributed by atoms with van der Waals surface area (Å²) in [5.41, 5.74) is 16.4. The largest absolute Gasteiger partial charge is 0.480 e. The van der Waals surface area contributed by atoms with E-state index < -0.39 is 24.1 Å². The van der Waals surface area contributed by atoms with Gasteiger partial charge in [0.2, 0.25) is 0 Å². The number of imidazole rings is 1. The highest BCUT2D eigenvalue weighted by Crippen LogP contribution is 2.19. The van der Waals surface area contributed by atoms with E-state index in [0.717, 1.165) is 4.57 Å². The molecule has 0 unspecified atom stereocenters. The Morgan fingerprint density at radius 2 is 2.00 bits per heavy atom. The quantitative estimate of drug-likeness (QED) is 0.334. The van der Waals surface area contributed by atoms with E-state index in [1.54, 1.807) is 0 Å². The van der Waals surface area contributed by atoms with Crippen molar-refractivity contribution in [3.05, 3.63) is 6.33 Å². The first kappa shape index (κ1) is 18.6. The zero-order valence-corrected chi connectivity index (χ0v) is 13.2. The number of anilines is 1. The van der Waals surface area contributed by atoms with Crippen molar-refractivity contribution < 1.29 is 19.8 Å². The first-order chi connectivity index (χ1) is 10.7. The second kappa shape index (κ2) is 7.71. The van der Waals surface area contributed by atoms with Crippen LogP contribution >= 0.6 is 11.8 Å². The van der Waals surface area contributed by atoms with E-state index in [1.807, 2.05) is 6.26 Å². The SMILES string of the molecule is CSc1nc(N)c2ncn(C(N)=O)c2n1.C[C@@H](O)[C@H](N)C(=O)O. The van der Waals surface area contributed by atoms with Crippen molar-refractivity contribution in [3.8, 4) is 0 Å². The number of carbonyl (C=O) groups excluding carboxylic acids is 1. The first-order valence-corrected chi connectivity index (χ1v) is 7.42. The summed E-state index contributed by atoms with van der Waals surface area (Å²) < 4.78 is 1.13. The van der Waals surface area contributed by atoms with Crippen LogP contribution in [0.15, 0.2) is 11.5 Å². The van der Waals surface area contributed by atoms with Gasteiger partial charge < -0.3 is 27.4 Å². The molecule has 12 heteroatoms. The van der Waals surface area contributed by atoms with Gasteiger partial charge in [-0.15, -0.1) is 0 Å². The number of nitrogens with two attached hydrogens (primary N) is 3. The molecule has 2 heterocycles. The Kier molecular flexibility index (Phi) is 6.24. The van der Waals surface area contributed by atoms with Crippen LogP contribution in [0.5, 0.6) is 0 Å². The van der Waals surface area contributed by atoms with Gasteiger partial charge in [0.1, 0.15) is 12.4 Å². The average Bonchev–Trinajstić information content (AvgIpc) is 2.91. The van der Waals surface area contributed by atoms with Gasteiger partial charge in [-0.05, 0) is 13.2 Å². The van der Waals surface area contributed by atoms with Gasteiger partial charge in [-0.3, -0.25) is 4.79 Å². The predicted molar refractivity (Wildman–Crippen MR) is 83.8 cm³/mol. The highest BCUT2D eigenvalue weighted by Gasteiger charge is 2.16. The molecule has 2 aromatic rings. The topological polar surface area (TPSA) is 196 Å². The van der Waals surface area contributed by atoms with Crippen molar-refractivity contribution in [3.63, 3.8) is 0 Å². The Hall–Kier alpha value is -2.44. The lowest BCUT2D eigenvalue weighted by Crippen LogP contribution is -2.39. The number of aromatic nitrogens is 4. The summed E-state index contributed by atoms with van der Waals surface area (Å²) in [4.78, 5) is 32.9. The fourth-order valence-corrected chi connectivity index (χ4v) is 1.73. The molecule has 2 atom stereocenters. The van der Waals surface area contributed by atoms with Gasteiger partial charge in [0.05, 0.1) is 6.10 Å². The number of nitrogen functional groups attached to an aromatic ring is 1. The van der Waals surface area contributed by atoms with Crippen LogP contribution in [0.3, 0.4) is 0 Å². The van der Waals surface area contributed by atoms with Crippen molar-refractivity contribution in [1.82, 2.24) is 19.5 Å². The van der Waals surface area contributed by atoms with E-state index in [2.05, 4.69) is 15.0 Å². The lowest BCUT2D eigenvalue weighted by atomic mass is 10.2. The molecule has 0 saturated heterocycles. The first-order valence-electron chi connectivity index (χ1n) is 6.19. The van der Waals surface area contributed by atoms with E-state index in [0.29, 0.717) is 16.3 Å². The maximum absolute atomic E-state index is 11.0. The molecule has 1 amide bonds. The number of nitrogens with zero attached hydrogens (tertiary/aromatic N) is 4. The standard InChI is InChI=1S/C7H8N6OS.C4H9NO3/c1-15-7-11-4(8)3-5(12-7)13(2-10-3)6(9)14;1-2(6)3(5)4(7)8/h2H,1H3,(H2,9,14)(H2,8,11,12);2-3,6H,5H2,1H3,(H,7,8)/t;2-,3+/m.1/s1. The van der Waals surface area contributed by atoms with Crippen molar-refractivity contribution >= 4 is 40.7 Å². The molecule has 0 aliphatic heterocycles. The number of aliphatic hydroxyl groups is 1. The molecule has 0 spiro atoms. The molecule has 0 radical (unpaired) electrons. The van der Waals surface area contributed by atoms with Gasteiger partial charge in [-0.1, -0.05) is 11.8 Å². The van der Waals surface area contributed by atoms with Crippen molar-refractivity contribution in [2.45, 2.75) is 24.2 Å². The molecular formula is C11H17N7O4S. The van der Waals surface area contributed by atoms with Crippen LogP contribution in [0.1, 0.15) is 6.92 Å². The smallest absolute Gasteiger partial charge is 0.325 e. The maximum Gasteiger partial charge on any atom is 0.325 e. The van der Waals surface area contributed by atoms with Gasteiger partial charge in [0.15, 0.2) is 22.1 Å². The second-order valence-electron chi connectivity index (χ2n) is 4.33. The van der Waals surface area contributed by atoms with E-state index >= 15 is 0 Å². The number of hydrogen-bond donors (Lipinski definition) is 5. The summed E-state index contributed by atoms with van der Waals surface area (Å²) >= 11 is 1.33. The Morgan fingerprint density at radius 3 is 2.39 bits per heavy atom. The number of carbonyl (C=O) groups is 2. The number of primary amides is 1. The molecule has 0 saturated carbocycles.